The van der Waals surface area contributed by atoms with Gasteiger partial charge in [-0.1, -0.05) is 20.3 Å². The first-order chi connectivity index (χ1) is 6.39. The molecule has 14 heavy (non-hydrogen) atoms. The molecular formula is C11H25N3. The largest absolute Gasteiger partial charge is 0.329 e. The zero-order chi connectivity index (χ0) is 10.8. The molecule has 1 aliphatic rings. The molecule has 3 nitrogen and oxygen atoms in total. The zero-order valence-corrected chi connectivity index (χ0v) is 10.1. The Balaban J connectivity index is 2.68. The fourth-order valence-electron chi connectivity index (χ4n) is 2.79. The Kier molecular flexibility index (Phi) is 3.56. The minimum atomic E-state index is 0.130. The molecule has 0 aromatic heterocycles. The summed E-state index contributed by atoms with van der Waals surface area (Å²) in [6.45, 7) is 5.41. The molecule has 0 aromatic carbocycles. The van der Waals surface area contributed by atoms with Crippen LogP contribution in [0, 0.1) is 5.41 Å². The third-order valence-electron chi connectivity index (χ3n) is 3.18. The van der Waals surface area contributed by atoms with Gasteiger partial charge in [-0.05, 0) is 24.7 Å². The fourth-order valence-corrected chi connectivity index (χ4v) is 2.79. The first kappa shape index (κ1) is 12.0. The highest BCUT2D eigenvalue weighted by Gasteiger charge is 2.39. The van der Waals surface area contributed by atoms with Crippen molar-refractivity contribution in [2.24, 2.45) is 11.1 Å². The molecule has 0 aromatic rings. The van der Waals surface area contributed by atoms with Crippen molar-refractivity contribution in [1.82, 2.24) is 10.4 Å². The van der Waals surface area contributed by atoms with Crippen LogP contribution in [-0.2, 0) is 0 Å². The lowest BCUT2D eigenvalue weighted by Gasteiger charge is -2.46. The molecule has 1 atom stereocenters. The van der Waals surface area contributed by atoms with Crippen LogP contribution in [0.1, 0.15) is 39.5 Å². The predicted molar refractivity (Wildman–Crippen MR) is 60.9 cm³/mol. The molecule has 0 radical (unpaired) electrons. The van der Waals surface area contributed by atoms with Gasteiger partial charge in [0.15, 0.2) is 0 Å². The number of rotatable bonds is 3. The Morgan fingerprint density at radius 1 is 1.29 bits per heavy atom. The summed E-state index contributed by atoms with van der Waals surface area (Å²) in [4.78, 5) is 0. The monoisotopic (exact) mass is 199 g/mol. The Bertz CT molecular complexity index is 189. The van der Waals surface area contributed by atoms with Crippen LogP contribution in [0.25, 0.3) is 0 Å². The molecule has 1 saturated carbocycles. The number of hydrazine groups is 1. The Labute approximate surface area is 88.0 Å². The number of nitrogens with one attached hydrogen (secondary N) is 1. The third kappa shape index (κ3) is 2.94. The first-order valence-electron chi connectivity index (χ1n) is 5.54. The van der Waals surface area contributed by atoms with E-state index >= 15 is 0 Å². The van der Waals surface area contributed by atoms with Gasteiger partial charge >= 0.3 is 0 Å². The smallest absolute Gasteiger partial charge is 0.0452 e. The van der Waals surface area contributed by atoms with Gasteiger partial charge in [0.2, 0.25) is 0 Å². The Morgan fingerprint density at radius 2 is 1.93 bits per heavy atom. The molecule has 84 valence electrons. The van der Waals surface area contributed by atoms with E-state index in [0.717, 1.165) is 6.54 Å². The maximum Gasteiger partial charge on any atom is 0.0452 e. The first-order valence-corrected chi connectivity index (χ1v) is 5.54. The predicted octanol–water partition coefficient (Wildman–Crippen LogP) is 1.35. The highest BCUT2D eigenvalue weighted by atomic mass is 15.5. The summed E-state index contributed by atoms with van der Waals surface area (Å²) >= 11 is 0. The van der Waals surface area contributed by atoms with E-state index in [4.69, 9.17) is 5.73 Å². The number of nitrogens with zero attached hydrogens (tertiary/aromatic N) is 1. The van der Waals surface area contributed by atoms with Crippen molar-refractivity contribution < 1.29 is 0 Å². The van der Waals surface area contributed by atoms with Crippen LogP contribution < -0.4 is 11.2 Å². The molecule has 0 saturated heterocycles. The average Bonchev–Trinajstić information content (AvgIpc) is 2.01. The van der Waals surface area contributed by atoms with Crippen LogP contribution in [-0.4, -0.2) is 31.2 Å². The molecule has 0 amide bonds. The van der Waals surface area contributed by atoms with E-state index in [1.807, 2.05) is 19.1 Å². The lowest BCUT2D eigenvalue weighted by atomic mass is 9.68. The molecular weight excluding hydrogens is 174 g/mol. The van der Waals surface area contributed by atoms with Gasteiger partial charge in [0.1, 0.15) is 0 Å². The average molecular weight is 199 g/mol. The van der Waals surface area contributed by atoms with E-state index < -0.39 is 0 Å². The maximum absolute atomic E-state index is 5.92. The fraction of sp³-hybridized carbons (Fsp3) is 1.00. The summed E-state index contributed by atoms with van der Waals surface area (Å²) in [5.41, 5.74) is 9.99. The van der Waals surface area contributed by atoms with E-state index in [-0.39, 0.29) is 5.54 Å². The number of nitrogens with two attached hydrogens (primary N) is 1. The van der Waals surface area contributed by atoms with Crippen molar-refractivity contribution >= 4 is 0 Å². The molecule has 3 heteroatoms. The van der Waals surface area contributed by atoms with Crippen LogP contribution in [0.2, 0.25) is 0 Å². The lowest BCUT2D eigenvalue weighted by molar-refractivity contribution is 0.0647. The van der Waals surface area contributed by atoms with Crippen molar-refractivity contribution in [1.29, 1.82) is 0 Å². The van der Waals surface area contributed by atoms with Gasteiger partial charge in [-0.25, -0.2) is 5.43 Å². The minimum Gasteiger partial charge on any atom is -0.329 e. The standard InChI is InChI=1S/C11H25N3/c1-10(2)6-5-7-11(8-10,9-12)13-14(3)4/h13H,5-9,12H2,1-4H3. The molecule has 3 N–H and O–H groups in total. The topological polar surface area (TPSA) is 41.3 Å². The molecule has 0 heterocycles. The van der Waals surface area contributed by atoms with Gasteiger partial charge in [-0.15, -0.1) is 0 Å². The second kappa shape index (κ2) is 4.17. The lowest BCUT2D eigenvalue weighted by Crippen LogP contribution is -2.59. The molecule has 1 aliphatic carbocycles. The molecule has 1 rings (SSSR count). The van der Waals surface area contributed by atoms with Crippen molar-refractivity contribution in [3.8, 4) is 0 Å². The highest BCUT2D eigenvalue weighted by molar-refractivity contribution is 4.96. The Hall–Kier alpha value is -0.120. The van der Waals surface area contributed by atoms with Gasteiger partial charge in [0.05, 0.1) is 0 Å². The number of hydrogen-bond donors (Lipinski definition) is 2. The maximum atomic E-state index is 5.92. The van der Waals surface area contributed by atoms with Crippen molar-refractivity contribution in [3.63, 3.8) is 0 Å². The van der Waals surface area contributed by atoms with Crippen molar-refractivity contribution in [2.45, 2.75) is 45.1 Å². The van der Waals surface area contributed by atoms with E-state index in [1.165, 1.54) is 25.7 Å². The highest BCUT2D eigenvalue weighted by Crippen LogP contribution is 2.40. The van der Waals surface area contributed by atoms with Gasteiger partial charge in [-0.3, -0.25) is 5.01 Å². The molecule has 1 fully saturated rings. The molecule has 0 bridgehead atoms. The van der Waals surface area contributed by atoms with Crippen LogP contribution >= 0.6 is 0 Å². The summed E-state index contributed by atoms with van der Waals surface area (Å²) in [7, 11) is 4.08. The molecule has 0 aliphatic heterocycles. The van der Waals surface area contributed by atoms with E-state index in [1.54, 1.807) is 0 Å². The van der Waals surface area contributed by atoms with Crippen LogP contribution in [0.5, 0.6) is 0 Å². The Morgan fingerprint density at radius 3 is 2.36 bits per heavy atom. The third-order valence-corrected chi connectivity index (χ3v) is 3.18. The van der Waals surface area contributed by atoms with E-state index in [9.17, 15) is 0 Å². The van der Waals surface area contributed by atoms with Crippen molar-refractivity contribution in [2.75, 3.05) is 20.6 Å². The van der Waals surface area contributed by atoms with Crippen LogP contribution in [0.4, 0.5) is 0 Å². The minimum absolute atomic E-state index is 0.130. The van der Waals surface area contributed by atoms with Crippen molar-refractivity contribution in [3.05, 3.63) is 0 Å². The second-order valence-electron chi connectivity index (χ2n) is 5.69. The zero-order valence-electron chi connectivity index (χ0n) is 10.1. The summed E-state index contributed by atoms with van der Waals surface area (Å²) < 4.78 is 0. The van der Waals surface area contributed by atoms with E-state index in [0.29, 0.717) is 5.41 Å². The van der Waals surface area contributed by atoms with Gasteiger partial charge in [0, 0.05) is 26.2 Å². The van der Waals surface area contributed by atoms with Crippen LogP contribution in [0.15, 0.2) is 0 Å². The quantitative estimate of drug-likeness (QED) is 0.674. The molecule has 0 spiro atoms. The summed E-state index contributed by atoms with van der Waals surface area (Å²) in [5, 5.41) is 2.04. The van der Waals surface area contributed by atoms with E-state index in [2.05, 4.69) is 19.3 Å². The van der Waals surface area contributed by atoms with Gasteiger partial charge in [0.25, 0.3) is 0 Å². The van der Waals surface area contributed by atoms with Crippen LogP contribution in [0.3, 0.4) is 0 Å². The van der Waals surface area contributed by atoms with Gasteiger partial charge < -0.3 is 5.73 Å². The normalized spacial score (nSPS) is 32.1. The SMILES string of the molecule is CN(C)NC1(CN)CCCC(C)(C)C1. The number of hydrogen-bond acceptors (Lipinski definition) is 3. The summed E-state index contributed by atoms with van der Waals surface area (Å²) in [5.74, 6) is 0. The van der Waals surface area contributed by atoms with Gasteiger partial charge in [-0.2, -0.15) is 0 Å². The second-order valence-corrected chi connectivity index (χ2v) is 5.69. The summed E-state index contributed by atoms with van der Waals surface area (Å²) in [6, 6.07) is 0. The summed E-state index contributed by atoms with van der Waals surface area (Å²) in [6.07, 6.45) is 4.98. The molecule has 1 unspecified atom stereocenters.